The number of carbonyl (C=O) groups excluding carboxylic acids is 2. The smallest absolute Gasteiger partial charge is 0.419 e. The second-order valence-corrected chi connectivity index (χ2v) is 9.46. The topological polar surface area (TPSA) is 84.4 Å². The molecule has 0 atom stereocenters. The number of esters is 1. The molecule has 1 amide bonds. The van der Waals surface area contributed by atoms with Crippen LogP contribution in [0.5, 0.6) is 0 Å². The number of hydrogen-bond acceptors (Lipinski definition) is 7. The fourth-order valence-electron chi connectivity index (χ4n) is 3.95. The van der Waals surface area contributed by atoms with Gasteiger partial charge in [0.2, 0.25) is 0 Å². The van der Waals surface area contributed by atoms with E-state index < -0.39 is 23.5 Å². The van der Waals surface area contributed by atoms with E-state index in [4.69, 9.17) is 16.3 Å². The Morgan fingerprint density at radius 2 is 2.00 bits per heavy atom. The van der Waals surface area contributed by atoms with Gasteiger partial charge in [-0.3, -0.25) is 14.9 Å². The van der Waals surface area contributed by atoms with Crippen LogP contribution in [0.1, 0.15) is 35.7 Å². The molecule has 0 aliphatic carbocycles. The zero-order valence-corrected chi connectivity index (χ0v) is 21.0. The van der Waals surface area contributed by atoms with Crippen LogP contribution in [0, 0.1) is 11.7 Å². The maximum atomic E-state index is 14.4. The Hall–Kier alpha value is -3.25. The minimum Gasteiger partial charge on any atom is -0.466 e. The van der Waals surface area contributed by atoms with Crippen molar-refractivity contribution in [2.75, 3.05) is 29.9 Å². The molecule has 7 nitrogen and oxygen atoms in total. The molecular formula is C24H21ClF4N4O3S. The van der Waals surface area contributed by atoms with Crippen molar-refractivity contribution in [3.8, 4) is 11.3 Å². The number of amides is 1. The first-order chi connectivity index (χ1) is 17.6. The lowest BCUT2D eigenvalue weighted by molar-refractivity contribution is -0.148. The summed E-state index contributed by atoms with van der Waals surface area (Å²) in [5.74, 6) is -1.93. The van der Waals surface area contributed by atoms with Gasteiger partial charge in [0.25, 0.3) is 5.91 Å². The lowest BCUT2D eigenvalue weighted by Crippen LogP contribution is -2.37. The predicted molar refractivity (Wildman–Crippen MR) is 131 cm³/mol. The molecule has 1 N–H and O–H groups in total. The molecule has 0 saturated carbocycles. The van der Waals surface area contributed by atoms with Crippen LogP contribution in [0.25, 0.3) is 11.3 Å². The number of ether oxygens (including phenoxy) is 1. The number of alkyl halides is 3. The third kappa shape index (κ3) is 6.02. The van der Waals surface area contributed by atoms with E-state index in [0.717, 1.165) is 17.4 Å². The second-order valence-electron chi connectivity index (χ2n) is 8.20. The Bertz CT molecular complexity index is 1310. The van der Waals surface area contributed by atoms with E-state index in [1.54, 1.807) is 6.92 Å². The highest BCUT2D eigenvalue weighted by molar-refractivity contribution is 7.14. The number of hydrogen-bond donors (Lipinski definition) is 1. The van der Waals surface area contributed by atoms with E-state index in [1.165, 1.54) is 23.7 Å². The van der Waals surface area contributed by atoms with Gasteiger partial charge in [-0.1, -0.05) is 17.7 Å². The predicted octanol–water partition coefficient (Wildman–Crippen LogP) is 6.05. The van der Waals surface area contributed by atoms with Gasteiger partial charge < -0.3 is 9.64 Å². The highest BCUT2D eigenvalue weighted by atomic mass is 35.5. The van der Waals surface area contributed by atoms with Gasteiger partial charge >= 0.3 is 12.1 Å². The standard InChI is InChI=1S/C24H21ClF4N4O3S/c1-2-36-22(35)13-6-8-33(9-7-13)20-17(25)10-14(11-30-20)21(34)32-23-31-18(12-37-23)15-4-3-5-16(19(15)26)24(27,28)29/h3-5,10-13H,2,6-9H2,1H3,(H,31,32,34). The van der Waals surface area contributed by atoms with Gasteiger partial charge in [-0.05, 0) is 38.0 Å². The third-order valence-electron chi connectivity index (χ3n) is 5.80. The molecule has 0 unspecified atom stereocenters. The Kier molecular flexibility index (Phi) is 7.98. The minimum absolute atomic E-state index is 0.0402. The number of piperidine rings is 1. The lowest BCUT2D eigenvalue weighted by Gasteiger charge is -2.32. The average Bonchev–Trinajstić information content (AvgIpc) is 3.31. The molecule has 1 aromatic carbocycles. The summed E-state index contributed by atoms with van der Waals surface area (Å²) in [6, 6.07) is 4.37. The summed E-state index contributed by atoms with van der Waals surface area (Å²) in [5, 5.41) is 4.19. The van der Waals surface area contributed by atoms with Crippen molar-refractivity contribution < 1.29 is 31.9 Å². The molecule has 1 aliphatic heterocycles. The highest BCUT2D eigenvalue weighted by Gasteiger charge is 2.35. The molecule has 3 heterocycles. The monoisotopic (exact) mass is 556 g/mol. The summed E-state index contributed by atoms with van der Waals surface area (Å²) in [4.78, 5) is 34.9. The number of nitrogens with one attached hydrogen (secondary N) is 1. The molecule has 1 saturated heterocycles. The minimum atomic E-state index is -4.84. The summed E-state index contributed by atoms with van der Waals surface area (Å²) in [5.41, 5.74) is -1.62. The van der Waals surface area contributed by atoms with Crippen molar-refractivity contribution in [1.82, 2.24) is 9.97 Å². The molecule has 1 aliphatic rings. The number of rotatable bonds is 6. The molecule has 2 aromatic heterocycles. The summed E-state index contributed by atoms with van der Waals surface area (Å²) in [7, 11) is 0. The van der Waals surface area contributed by atoms with Crippen LogP contribution in [0.4, 0.5) is 28.5 Å². The highest BCUT2D eigenvalue weighted by Crippen LogP contribution is 2.36. The lowest BCUT2D eigenvalue weighted by atomic mass is 9.97. The summed E-state index contributed by atoms with van der Waals surface area (Å²) in [6.07, 6.45) is -2.31. The van der Waals surface area contributed by atoms with Gasteiger partial charge in [-0.2, -0.15) is 13.2 Å². The molecule has 196 valence electrons. The fourth-order valence-corrected chi connectivity index (χ4v) is 4.94. The molecule has 0 bridgehead atoms. The molecule has 3 aromatic rings. The molecular weight excluding hydrogens is 536 g/mol. The van der Waals surface area contributed by atoms with Crippen LogP contribution >= 0.6 is 22.9 Å². The van der Waals surface area contributed by atoms with Gasteiger partial charge in [-0.15, -0.1) is 11.3 Å². The number of nitrogens with zero attached hydrogens (tertiary/aromatic N) is 3. The van der Waals surface area contributed by atoms with Crippen molar-refractivity contribution >= 4 is 45.8 Å². The van der Waals surface area contributed by atoms with E-state index in [0.29, 0.717) is 44.4 Å². The van der Waals surface area contributed by atoms with Gasteiger partial charge in [-0.25, -0.2) is 14.4 Å². The summed E-state index contributed by atoms with van der Waals surface area (Å²) >= 11 is 7.32. The van der Waals surface area contributed by atoms with E-state index in [-0.39, 0.29) is 38.9 Å². The summed E-state index contributed by atoms with van der Waals surface area (Å²) in [6.45, 7) is 3.20. The Morgan fingerprint density at radius 3 is 2.65 bits per heavy atom. The van der Waals surface area contributed by atoms with Crippen LogP contribution in [0.3, 0.4) is 0 Å². The maximum Gasteiger partial charge on any atom is 0.419 e. The fraction of sp³-hybridized carbons (Fsp3) is 0.333. The van der Waals surface area contributed by atoms with Gasteiger partial charge in [0.15, 0.2) is 5.13 Å². The van der Waals surface area contributed by atoms with Crippen molar-refractivity contribution in [2.45, 2.75) is 25.9 Å². The first-order valence-electron chi connectivity index (χ1n) is 11.3. The number of halogens is 5. The normalized spacial score (nSPS) is 14.5. The zero-order valence-electron chi connectivity index (χ0n) is 19.4. The largest absolute Gasteiger partial charge is 0.466 e. The Labute approximate surface area is 218 Å². The van der Waals surface area contributed by atoms with Crippen LogP contribution in [-0.4, -0.2) is 41.5 Å². The molecule has 0 radical (unpaired) electrons. The second kappa shape index (κ2) is 11.0. The molecule has 37 heavy (non-hydrogen) atoms. The van der Waals surface area contributed by atoms with Gasteiger partial charge in [0.1, 0.15) is 11.6 Å². The number of aromatic nitrogens is 2. The van der Waals surface area contributed by atoms with E-state index >= 15 is 0 Å². The molecule has 4 rings (SSSR count). The van der Waals surface area contributed by atoms with E-state index in [9.17, 15) is 27.2 Å². The summed E-state index contributed by atoms with van der Waals surface area (Å²) < 4.78 is 58.5. The van der Waals surface area contributed by atoms with Crippen molar-refractivity contribution in [3.05, 3.63) is 57.8 Å². The molecule has 0 spiro atoms. The van der Waals surface area contributed by atoms with Crippen molar-refractivity contribution in [3.63, 3.8) is 0 Å². The molecule has 1 fully saturated rings. The number of carbonyl (C=O) groups is 2. The molecule has 13 heteroatoms. The quantitative estimate of drug-likeness (QED) is 0.294. The Balaban J connectivity index is 1.43. The first-order valence-corrected chi connectivity index (χ1v) is 12.5. The first kappa shape index (κ1) is 26.8. The van der Waals surface area contributed by atoms with Crippen LogP contribution in [0.2, 0.25) is 5.02 Å². The van der Waals surface area contributed by atoms with Gasteiger partial charge in [0, 0.05) is 30.2 Å². The number of pyridine rings is 1. The van der Waals surface area contributed by atoms with Crippen LogP contribution in [0.15, 0.2) is 35.8 Å². The number of benzene rings is 1. The van der Waals surface area contributed by atoms with Crippen molar-refractivity contribution in [1.29, 1.82) is 0 Å². The van der Waals surface area contributed by atoms with E-state index in [2.05, 4.69) is 15.3 Å². The van der Waals surface area contributed by atoms with Crippen LogP contribution in [-0.2, 0) is 15.7 Å². The van der Waals surface area contributed by atoms with Crippen molar-refractivity contribution in [2.24, 2.45) is 5.92 Å². The maximum absolute atomic E-state index is 14.4. The van der Waals surface area contributed by atoms with E-state index in [1.807, 2.05) is 4.90 Å². The Morgan fingerprint density at radius 1 is 1.27 bits per heavy atom. The van der Waals surface area contributed by atoms with Crippen LogP contribution < -0.4 is 10.2 Å². The SMILES string of the molecule is CCOC(=O)C1CCN(c2ncc(C(=O)Nc3nc(-c4cccc(C(F)(F)F)c4F)cs3)cc2Cl)CC1. The third-order valence-corrected chi connectivity index (χ3v) is 6.84. The number of thiazole rings is 1. The average molecular weight is 557 g/mol. The van der Waals surface area contributed by atoms with Gasteiger partial charge in [0.05, 0.1) is 34.4 Å². The number of anilines is 2. The zero-order chi connectivity index (χ0) is 26.7.